The maximum atomic E-state index is 4.76. The van der Waals surface area contributed by atoms with Gasteiger partial charge in [0.15, 0.2) is 5.13 Å². The van der Waals surface area contributed by atoms with Crippen molar-refractivity contribution in [3.05, 3.63) is 10.6 Å². The molecule has 4 heteroatoms. The Labute approximate surface area is 103 Å². The quantitative estimate of drug-likeness (QED) is 0.795. The van der Waals surface area contributed by atoms with Crippen LogP contribution in [-0.2, 0) is 13.0 Å². The van der Waals surface area contributed by atoms with E-state index >= 15 is 0 Å². The summed E-state index contributed by atoms with van der Waals surface area (Å²) in [5.41, 5.74) is 1.28. The zero-order valence-electron chi connectivity index (χ0n) is 10.8. The first-order valence-electron chi connectivity index (χ1n) is 6.14. The van der Waals surface area contributed by atoms with Crippen molar-refractivity contribution in [3.63, 3.8) is 0 Å². The van der Waals surface area contributed by atoms with Crippen LogP contribution in [0.25, 0.3) is 0 Å². The van der Waals surface area contributed by atoms with Gasteiger partial charge in [-0.1, -0.05) is 13.3 Å². The molecule has 92 valence electrons. The predicted molar refractivity (Wildman–Crippen MR) is 72.4 cm³/mol. The number of rotatable bonds is 7. The number of nitrogens with zero attached hydrogens (tertiary/aromatic N) is 2. The lowest BCUT2D eigenvalue weighted by Gasteiger charge is -2.16. The number of thiazole rings is 1. The van der Waals surface area contributed by atoms with E-state index < -0.39 is 0 Å². The van der Waals surface area contributed by atoms with Gasteiger partial charge in [-0.2, -0.15) is 0 Å². The minimum Gasteiger partial charge on any atom is -0.349 e. The molecule has 0 aromatic carbocycles. The van der Waals surface area contributed by atoms with Crippen LogP contribution in [-0.4, -0.2) is 25.1 Å². The monoisotopic (exact) mass is 241 g/mol. The smallest absolute Gasteiger partial charge is 0.185 e. The van der Waals surface area contributed by atoms with Gasteiger partial charge in [-0.25, -0.2) is 4.98 Å². The summed E-state index contributed by atoms with van der Waals surface area (Å²) in [6, 6.07) is 0. The molecule has 0 saturated carbocycles. The summed E-state index contributed by atoms with van der Waals surface area (Å²) in [7, 11) is 1.99. The molecule has 0 aliphatic carbocycles. The van der Waals surface area contributed by atoms with Crippen LogP contribution >= 0.6 is 11.3 Å². The number of anilines is 1. The Morgan fingerprint density at radius 1 is 1.25 bits per heavy atom. The van der Waals surface area contributed by atoms with Gasteiger partial charge >= 0.3 is 0 Å². The standard InChI is InChI=1S/C12H23N3S/c1-5-8-10-11(9-13-4)16-12(14-10)15(6-2)7-3/h13H,5-9H2,1-4H3. The number of hydrogen-bond acceptors (Lipinski definition) is 4. The summed E-state index contributed by atoms with van der Waals surface area (Å²) in [4.78, 5) is 8.48. The van der Waals surface area contributed by atoms with Crippen molar-refractivity contribution in [3.8, 4) is 0 Å². The fourth-order valence-electron chi connectivity index (χ4n) is 1.73. The highest BCUT2D eigenvalue weighted by Crippen LogP contribution is 2.27. The van der Waals surface area contributed by atoms with Crippen LogP contribution in [0, 0.1) is 0 Å². The third-order valence-electron chi connectivity index (χ3n) is 2.63. The van der Waals surface area contributed by atoms with E-state index in [1.54, 1.807) is 0 Å². The topological polar surface area (TPSA) is 28.2 Å². The summed E-state index contributed by atoms with van der Waals surface area (Å²) < 4.78 is 0. The molecule has 1 aromatic rings. The van der Waals surface area contributed by atoms with Crippen LogP contribution in [0.1, 0.15) is 37.8 Å². The third kappa shape index (κ3) is 3.19. The van der Waals surface area contributed by atoms with Crippen LogP contribution in [0.3, 0.4) is 0 Å². The first kappa shape index (κ1) is 13.5. The second kappa shape index (κ2) is 6.86. The molecule has 0 radical (unpaired) electrons. The first-order chi connectivity index (χ1) is 7.76. The average molecular weight is 241 g/mol. The van der Waals surface area contributed by atoms with Crippen molar-refractivity contribution < 1.29 is 0 Å². The molecule has 0 atom stereocenters. The van der Waals surface area contributed by atoms with E-state index in [4.69, 9.17) is 4.98 Å². The van der Waals surface area contributed by atoms with Gasteiger partial charge in [-0.3, -0.25) is 0 Å². The molecule has 0 aliphatic rings. The first-order valence-corrected chi connectivity index (χ1v) is 6.96. The molecule has 16 heavy (non-hydrogen) atoms. The number of aryl methyl sites for hydroxylation is 1. The average Bonchev–Trinajstić information content (AvgIpc) is 2.65. The minimum atomic E-state index is 0.939. The van der Waals surface area contributed by atoms with Crippen molar-refractivity contribution in [2.24, 2.45) is 0 Å². The normalized spacial score (nSPS) is 10.8. The van der Waals surface area contributed by atoms with Gasteiger partial charge in [-0.15, -0.1) is 11.3 Å². The van der Waals surface area contributed by atoms with Gasteiger partial charge < -0.3 is 10.2 Å². The predicted octanol–water partition coefficient (Wildman–Crippen LogP) is 2.66. The zero-order chi connectivity index (χ0) is 12.0. The highest BCUT2D eigenvalue weighted by molar-refractivity contribution is 7.15. The van der Waals surface area contributed by atoms with E-state index in [1.165, 1.54) is 15.7 Å². The number of aromatic nitrogens is 1. The van der Waals surface area contributed by atoms with E-state index in [2.05, 4.69) is 31.0 Å². The summed E-state index contributed by atoms with van der Waals surface area (Å²) in [6.45, 7) is 9.58. The molecular weight excluding hydrogens is 218 g/mol. The Hall–Kier alpha value is -0.610. The fourth-order valence-corrected chi connectivity index (χ4v) is 2.98. The van der Waals surface area contributed by atoms with E-state index in [0.29, 0.717) is 0 Å². The van der Waals surface area contributed by atoms with Crippen LogP contribution < -0.4 is 10.2 Å². The molecule has 1 N–H and O–H groups in total. The Morgan fingerprint density at radius 2 is 1.94 bits per heavy atom. The fraction of sp³-hybridized carbons (Fsp3) is 0.750. The highest BCUT2D eigenvalue weighted by atomic mass is 32.1. The molecule has 0 unspecified atom stereocenters. The van der Waals surface area contributed by atoms with Crippen molar-refractivity contribution in [2.45, 2.75) is 40.2 Å². The summed E-state index contributed by atoms with van der Waals surface area (Å²) in [5, 5.41) is 4.40. The molecule has 0 spiro atoms. The second-order valence-electron chi connectivity index (χ2n) is 3.82. The van der Waals surface area contributed by atoms with Crippen LogP contribution in [0.2, 0.25) is 0 Å². The van der Waals surface area contributed by atoms with Gasteiger partial charge in [0.2, 0.25) is 0 Å². The Morgan fingerprint density at radius 3 is 2.44 bits per heavy atom. The van der Waals surface area contributed by atoms with Gasteiger partial charge in [0.1, 0.15) is 0 Å². The molecule has 3 nitrogen and oxygen atoms in total. The zero-order valence-corrected chi connectivity index (χ0v) is 11.7. The molecular formula is C12H23N3S. The summed E-state index contributed by atoms with van der Waals surface area (Å²) in [5.74, 6) is 0. The molecule has 0 fully saturated rings. The van der Waals surface area contributed by atoms with Crippen LogP contribution in [0.5, 0.6) is 0 Å². The van der Waals surface area contributed by atoms with Gasteiger partial charge in [0.05, 0.1) is 5.69 Å². The SMILES string of the molecule is CCCc1nc(N(CC)CC)sc1CNC. The van der Waals surface area contributed by atoms with E-state index in [0.717, 1.165) is 32.5 Å². The lowest BCUT2D eigenvalue weighted by molar-refractivity contribution is 0.794. The maximum Gasteiger partial charge on any atom is 0.185 e. The lowest BCUT2D eigenvalue weighted by atomic mass is 10.2. The van der Waals surface area contributed by atoms with Crippen molar-refractivity contribution >= 4 is 16.5 Å². The second-order valence-corrected chi connectivity index (χ2v) is 4.88. The molecule has 0 bridgehead atoms. The molecule has 1 heterocycles. The number of hydrogen-bond donors (Lipinski definition) is 1. The summed E-state index contributed by atoms with van der Waals surface area (Å²) >= 11 is 1.83. The van der Waals surface area contributed by atoms with Crippen LogP contribution in [0.15, 0.2) is 0 Å². The summed E-state index contributed by atoms with van der Waals surface area (Å²) in [6.07, 6.45) is 2.26. The lowest BCUT2D eigenvalue weighted by Crippen LogP contribution is -2.21. The molecule has 0 saturated heterocycles. The van der Waals surface area contributed by atoms with Gasteiger partial charge in [-0.05, 0) is 27.3 Å². The largest absolute Gasteiger partial charge is 0.349 e. The third-order valence-corrected chi connectivity index (χ3v) is 3.78. The Bertz CT molecular complexity index is 282. The molecule has 0 aliphatic heterocycles. The number of nitrogens with one attached hydrogen (secondary N) is 1. The molecule has 1 aromatic heterocycles. The maximum absolute atomic E-state index is 4.76. The van der Waals surface area contributed by atoms with Crippen molar-refractivity contribution in [2.75, 3.05) is 25.0 Å². The molecule has 1 rings (SSSR count). The van der Waals surface area contributed by atoms with Crippen LogP contribution in [0.4, 0.5) is 5.13 Å². The van der Waals surface area contributed by atoms with Crippen molar-refractivity contribution in [1.82, 2.24) is 10.3 Å². The van der Waals surface area contributed by atoms with Gasteiger partial charge in [0, 0.05) is 24.5 Å². The Kier molecular flexibility index (Phi) is 5.77. The highest BCUT2D eigenvalue weighted by Gasteiger charge is 2.13. The minimum absolute atomic E-state index is 0.939. The van der Waals surface area contributed by atoms with E-state index in [9.17, 15) is 0 Å². The molecule has 0 amide bonds. The Balaban J connectivity index is 2.90. The van der Waals surface area contributed by atoms with Crippen molar-refractivity contribution in [1.29, 1.82) is 0 Å². The van der Waals surface area contributed by atoms with E-state index in [-0.39, 0.29) is 0 Å². The van der Waals surface area contributed by atoms with Gasteiger partial charge in [0.25, 0.3) is 0 Å². The van der Waals surface area contributed by atoms with E-state index in [1.807, 2.05) is 18.4 Å².